The summed E-state index contributed by atoms with van der Waals surface area (Å²) in [4.78, 5) is 19.6. The zero-order valence-electron chi connectivity index (χ0n) is 24.3. The van der Waals surface area contributed by atoms with Crippen LogP contribution in [0.4, 0.5) is 0 Å². The topological polar surface area (TPSA) is 51.6 Å². The number of hydrogen-bond acceptors (Lipinski definition) is 4. The Hall–Kier alpha value is -4.96. The summed E-state index contributed by atoms with van der Waals surface area (Å²) in [5.74, 6) is 1.89. The number of hydrogen-bond donors (Lipinski definition) is 0. The Morgan fingerprint density at radius 3 is 1.55 bits per heavy atom. The fourth-order valence-electron chi connectivity index (χ4n) is 6.20. The van der Waals surface area contributed by atoms with Crippen LogP contribution in [0.25, 0.3) is 56.5 Å². The van der Waals surface area contributed by atoms with Crippen molar-refractivity contribution in [2.45, 2.75) is 38.5 Å². The van der Waals surface area contributed by atoms with Crippen LogP contribution < -0.4 is 0 Å². The normalized spacial score (nSPS) is 14.6. The fourth-order valence-corrected chi connectivity index (χ4v) is 6.20. The van der Waals surface area contributed by atoms with E-state index in [4.69, 9.17) is 19.9 Å². The fraction of sp³-hybridized carbons (Fsp3) is 0.158. The first-order chi connectivity index (χ1) is 20.3. The molecule has 6 aromatic rings. The van der Waals surface area contributed by atoms with E-state index >= 15 is 0 Å². The van der Waals surface area contributed by atoms with Crippen molar-refractivity contribution < 1.29 is 0 Å². The number of nitrogens with zero attached hydrogens (tertiary/aromatic N) is 4. The van der Waals surface area contributed by atoms with Crippen LogP contribution >= 0.6 is 0 Å². The summed E-state index contributed by atoms with van der Waals surface area (Å²) >= 11 is 0. The molecule has 42 heavy (non-hydrogen) atoms. The molecule has 4 heteroatoms. The van der Waals surface area contributed by atoms with Crippen molar-refractivity contribution >= 4 is 0 Å². The molecule has 0 radical (unpaired) electrons. The van der Waals surface area contributed by atoms with Gasteiger partial charge >= 0.3 is 0 Å². The van der Waals surface area contributed by atoms with Gasteiger partial charge in [-0.25, -0.2) is 15.0 Å². The summed E-state index contributed by atoms with van der Waals surface area (Å²) in [5.41, 5.74) is 10.0. The number of aromatic nitrogens is 4. The van der Waals surface area contributed by atoms with E-state index in [1.54, 1.807) is 0 Å². The predicted molar refractivity (Wildman–Crippen MR) is 171 cm³/mol. The lowest BCUT2D eigenvalue weighted by atomic mass is 9.54. The molecule has 204 valence electrons. The van der Waals surface area contributed by atoms with Gasteiger partial charge in [-0.2, -0.15) is 0 Å². The van der Waals surface area contributed by atoms with E-state index in [2.05, 4.69) is 82.3 Å². The van der Waals surface area contributed by atoms with Gasteiger partial charge in [0, 0.05) is 33.9 Å². The van der Waals surface area contributed by atoms with Crippen LogP contribution in [-0.2, 0) is 10.8 Å². The zero-order chi connectivity index (χ0) is 28.9. The van der Waals surface area contributed by atoms with Crippen molar-refractivity contribution in [3.63, 3.8) is 0 Å². The molecule has 2 aromatic heterocycles. The van der Waals surface area contributed by atoms with Gasteiger partial charge in [0.15, 0.2) is 17.5 Å². The first kappa shape index (κ1) is 26.0. The van der Waals surface area contributed by atoms with Crippen molar-refractivity contribution in [3.8, 4) is 56.5 Å². The lowest BCUT2D eigenvalue weighted by molar-refractivity contribution is 0.300. The minimum Gasteiger partial charge on any atom is -0.255 e. The first-order valence-electron chi connectivity index (χ1n) is 14.4. The Labute approximate surface area is 247 Å². The maximum atomic E-state index is 5.01. The molecule has 0 N–H and O–H groups in total. The largest absolute Gasteiger partial charge is 0.255 e. The zero-order valence-corrected chi connectivity index (χ0v) is 24.3. The molecular weight excluding hydrogens is 512 g/mol. The first-order valence-corrected chi connectivity index (χ1v) is 14.4. The van der Waals surface area contributed by atoms with Crippen molar-refractivity contribution in [2.24, 2.45) is 0 Å². The Morgan fingerprint density at radius 2 is 0.952 bits per heavy atom. The van der Waals surface area contributed by atoms with Crippen LogP contribution in [0.5, 0.6) is 0 Å². The van der Waals surface area contributed by atoms with Gasteiger partial charge in [0.25, 0.3) is 0 Å². The number of rotatable bonds is 4. The Bertz CT molecular complexity index is 1850. The molecule has 0 unspecified atom stereocenters. The highest BCUT2D eigenvalue weighted by molar-refractivity contribution is 5.84. The van der Waals surface area contributed by atoms with E-state index < -0.39 is 0 Å². The molecule has 0 spiro atoms. The van der Waals surface area contributed by atoms with Gasteiger partial charge in [0.05, 0.1) is 5.69 Å². The van der Waals surface area contributed by atoms with Crippen LogP contribution in [0, 0.1) is 0 Å². The summed E-state index contributed by atoms with van der Waals surface area (Å²) in [6, 6.07) is 39.7. The van der Waals surface area contributed by atoms with Gasteiger partial charge in [-0.1, -0.05) is 131 Å². The Kier molecular flexibility index (Phi) is 6.09. The standard InChI is InChI=1S/C38H32N4/c1-37(2)31-21-12-11-18-28(31)29-19-13-20-30(33(29)38(37,3)4)32-23-22-27(24-39-32)36-41-34(25-14-7-5-8-15-25)40-35(42-36)26-16-9-6-10-17-26/h5-24H,1-4H3. The van der Waals surface area contributed by atoms with Crippen LogP contribution in [0.1, 0.15) is 38.8 Å². The second kappa shape index (κ2) is 9.85. The maximum Gasteiger partial charge on any atom is 0.165 e. The lowest BCUT2D eigenvalue weighted by Crippen LogP contribution is -2.44. The minimum atomic E-state index is -0.114. The number of pyridine rings is 1. The smallest absolute Gasteiger partial charge is 0.165 e. The highest BCUT2D eigenvalue weighted by Crippen LogP contribution is 2.55. The van der Waals surface area contributed by atoms with Crippen molar-refractivity contribution in [1.82, 2.24) is 19.9 Å². The van der Waals surface area contributed by atoms with Crippen LogP contribution in [-0.4, -0.2) is 19.9 Å². The molecule has 0 aliphatic heterocycles. The third-order valence-corrected chi connectivity index (χ3v) is 9.14. The van der Waals surface area contributed by atoms with Crippen molar-refractivity contribution in [2.75, 3.05) is 0 Å². The highest BCUT2D eigenvalue weighted by atomic mass is 15.0. The Morgan fingerprint density at radius 1 is 0.429 bits per heavy atom. The van der Waals surface area contributed by atoms with Gasteiger partial charge in [0.1, 0.15) is 0 Å². The molecule has 1 aliphatic carbocycles. The monoisotopic (exact) mass is 544 g/mol. The lowest BCUT2D eigenvalue weighted by Gasteiger charge is -2.49. The Balaban J connectivity index is 1.35. The number of benzene rings is 4. The predicted octanol–water partition coefficient (Wildman–Crippen LogP) is 9.17. The van der Waals surface area contributed by atoms with E-state index in [0.29, 0.717) is 17.5 Å². The molecule has 4 nitrogen and oxygen atoms in total. The molecule has 7 rings (SSSR count). The molecule has 0 saturated heterocycles. The van der Waals surface area contributed by atoms with E-state index in [1.165, 1.54) is 22.3 Å². The average Bonchev–Trinajstić information content (AvgIpc) is 3.04. The summed E-state index contributed by atoms with van der Waals surface area (Å²) in [5, 5.41) is 0. The van der Waals surface area contributed by atoms with E-state index in [9.17, 15) is 0 Å². The third-order valence-electron chi connectivity index (χ3n) is 9.14. The number of fused-ring (bicyclic) bond motifs is 3. The molecular formula is C38H32N4. The van der Waals surface area contributed by atoms with Crippen LogP contribution in [0.3, 0.4) is 0 Å². The van der Waals surface area contributed by atoms with E-state index in [1.807, 2.05) is 66.9 Å². The van der Waals surface area contributed by atoms with Crippen LogP contribution in [0.15, 0.2) is 121 Å². The maximum absolute atomic E-state index is 5.01. The summed E-state index contributed by atoms with van der Waals surface area (Å²) < 4.78 is 0. The quantitative estimate of drug-likeness (QED) is 0.222. The highest BCUT2D eigenvalue weighted by Gasteiger charge is 2.46. The molecule has 0 saturated carbocycles. The summed E-state index contributed by atoms with van der Waals surface area (Å²) in [6.07, 6.45) is 1.89. The molecule has 1 aliphatic rings. The minimum absolute atomic E-state index is 0.0564. The molecule has 0 bridgehead atoms. The second-order valence-electron chi connectivity index (χ2n) is 12.0. The molecule has 0 amide bonds. The van der Waals surface area contributed by atoms with Crippen molar-refractivity contribution in [1.29, 1.82) is 0 Å². The van der Waals surface area contributed by atoms with Crippen molar-refractivity contribution in [3.05, 3.63) is 133 Å². The van der Waals surface area contributed by atoms with Gasteiger partial charge in [-0.3, -0.25) is 4.98 Å². The molecule has 0 atom stereocenters. The summed E-state index contributed by atoms with van der Waals surface area (Å²) in [7, 11) is 0. The van der Waals surface area contributed by atoms with Gasteiger partial charge in [-0.15, -0.1) is 0 Å². The van der Waals surface area contributed by atoms with Crippen LogP contribution in [0.2, 0.25) is 0 Å². The SMILES string of the molecule is CC1(C)c2ccccc2-c2cccc(-c3ccc(-c4nc(-c5ccccc5)nc(-c5ccccc5)n4)cn3)c2C1(C)C. The second-order valence-corrected chi connectivity index (χ2v) is 12.0. The molecule has 4 aromatic carbocycles. The molecule has 0 fully saturated rings. The van der Waals surface area contributed by atoms with Gasteiger partial charge in [0.2, 0.25) is 0 Å². The van der Waals surface area contributed by atoms with Gasteiger partial charge in [-0.05, 0) is 39.8 Å². The van der Waals surface area contributed by atoms with E-state index in [-0.39, 0.29) is 10.8 Å². The molecule has 2 heterocycles. The van der Waals surface area contributed by atoms with Gasteiger partial charge < -0.3 is 0 Å². The third kappa shape index (κ3) is 4.14. The average molecular weight is 545 g/mol. The van der Waals surface area contributed by atoms with E-state index in [0.717, 1.165) is 27.9 Å². The summed E-state index contributed by atoms with van der Waals surface area (Å²) in [6.45, 7) is 9.44.